The molecule has 1 fully saturated rings. The van der Waals surface area contributed by atoms with Gasteiger partial charge in [0.15, 0.2) is 6.10 Å². The van der Waals surface area contributed by atoms with Crippen molar-refractivity contribution in [2.24, 2.45) is 0 Å². The van der Waals surface area contributed by atoms with Crippen molar-refractivity contribution >= 4 is 16.0 Å². The highest BCUT2D eigenvalue weighted by molar-refractivity contribution is 7.88. The number of alkyl halides is 3. The Morgan fingerprint density at radius 3 is 2.21 bits per heavy atom. The topological polar surface area (TPSA) is 76.2 Å². The quantitative estimate of drug-likeness (QED) is 0.438. The van der Waals surface area contributed by atoms with E-state index in [-0.39, 0.29) is 5.91 Å². The van der Waals surface area contributed by atoms with Crippen molar-refractivity contribution in [2.45, 2.75) is 31.6 Å². The smallest absolute Gasteiger partial charge is 0.376 e. The molecule has 1 aliphatic heterocycles. The van der Waals surface area contributed by atoms with E-state index in [9.17, 15) is 26.4 Å². The number of ether oxygens (including phenoxy) is 1. The summed E-state index contributed by atoms with van der Waals surface area (Å²) in [6, 6.07) is 4.89. The lowest BCUT2D eigenvalue weighted by molar-refractivity contribution is -0.132. The van der Waals surface area contributed by atoms with Gasteiger partial charge >= 0.3 is 15.6 Å². The van der Waals surface area contributed by atoms with Gasteiger partial charge in [0.25, 0.3) is 5.91 Å². The van der Waals surface area contributed by atoms with E-state index in [2.05, 4.69) is 4.18 Å². The number of epoxide rings is 1. The van der Waals surface area contributed by atoms with Crippen LogP contribution in [0.5, 0.6) is 5.75 Å². The summed E-state index contributed by atoms with van der Waals surface area (Å²) in [6.07, 6.45) is -1.12. The molecule has 6 nitrogen and oxygen atoms in total. The second-order valence-corrected chi connectivity index (χ2v) is 6.58. The second kappa shape index (κ2) is 6.60. The molecule has 1 aromatic rings. The van der Waals surface area contributed by atoms with Gasteiger partial charge in [-0.3, -0.25) is 4.79 Å². The lowest BCUT2D eigenvalue weighted by Gasteiger charge is -2.17. The molecule has 2 rings (SSSR count). The lowest BCUT2D eigenvalue weighted by Crippen LogP contribution is -2.34. The molecule has 0 unspecified atom stereocenters. The fraction of sp³-hybridized carbons (Fsp3) is 0.500. The maximum absolute atomic E-state index is 12.2. The Bertz CT molecular complexity index is 698. The Morgan fingerprint density at radius 1 is 1.21 bits per heavy atom. The van der Waals surface area contributed by atoms with Gasteiger partial charge in [0.1, 0.15) is 11.9 Å². The van der Waals surface area contributed by atoms with Crippen molar-refractivity contribution in [1.82, 2.24) is 4.90 Å². The summed E-state index contributed by atoms with van der Waals surface area (Å²) in [6.45, 7) is 4.77. The second-order valence-electron chi connectivity index (χ2n) is 5.04. The fourth-order valence-corrected chi connectivity index (χ4v) is 2.61. The number of rotatable bonds is 6. The van der Waals surface area contributed by atoms with E-state index in [0.29, 0.717) is 18.7 Å². The zero-order valence-electron chi connectivity index (χ0n) is 12.9. The predicted octanol–water partition coefficient (Wildman–Crippen LogP) is 2.22. The molecule has 0 spiro atoms. The van der Waals surface area contributed by atoms with Crippen LogP contribution in [0.25, 0.3) is 0 Å². The normalized spacial score (nSPS) is 20.5. The average molecular weight is 367 g/mol. The zero-order chi connectivity index (χ0) is 18.1. The minimum Gasteiger partial charge on any atom is -0.376 e. The van der Waals surface area contributed by atoms with Crippen LogP contribution in [-0.4, -0.2) is 43.9 Å². The number of benzene rings is 1. The van der Waals surface area contributed by atoms with Crippen molar-refractivity contribution in [3.63, 3.8) is 0 Å². The van der Waals surface area contributed by atoms with Crippen molar-refractivity contribution in [3.8, 4) is 5.75 Å². The first kappa shape index (κ1) is 18.5. The maximum atomic E-state index is 12.2. The first-order valence-corrected chi connectivity index (χ1v) is 8.56. The van der Waals surface area contributed by atoms with Gasteiger partial charge in [0.2, 0.25) is 0 Å². The molecule has 0 saturated carbocycles. The minimum atomic E-state index is -5.70. The highest BCUT2D eigenvalue weighted by Gasteiger charge is 2.49. The Hall–Kier alpha value is -1.81. The summed E-state index contributed by atoms with van der Waals surface area (Å²) >= 11 is 0. The maximum Gasteiger partial charge on any atom is 0.534 e. The van der Waals surface area contributed by atoms with Crippen molar-refractivity contribution in [2.75, 3.05) is 13.1 Å². The van der Waals surface area contributed by atoms with Crippen molar-refractivity contribution < 1.29 is 35.3 Å². The molecule has 0 radical (unpaired) electrons. The van der Waals surface area contributed by atoms with Gasteiger partial charge < -0.3 is 13.8 Å². The Kier molecular flexibility index (Phi) is 5.09. The summed E-state index contributed by atoms with van der Waals surface area (Å²) in [5, 5.41) is 0. The highest BCUT2D eigenvalue weighted by atomic mass is 32.2. The van der Waals surface area contributed by atoms with E-state index in [4.69, 9.17) is 4.74 Å². The largest absolute Gasteiger partial charge is 0.534 e. The van der Waals surface area contributed by atoms with Crippen LogP contribution >= 0.6 is 0 Å². The van der Waals surface area contributed by atoms with Gasteiger partial charge in [-0.05, 0) is 31.5 Å². The number of halogens is 3. The van der Waals surface area contributed by atoms with Crippen LogP contribution in [0.1, 0.15) is 25.5 Å². The predicted molar refractivity (Wildman–Crippen MR) is 77.6 cm³/mol. The fourth-order valence-electron chi connectivity index (χ4n) is 2.16. The number of hydrogen-bond acceptors (Lipinski definition) is 5. The van der Waals surface area contributed by atoms with E-state index < -0.39 is 33.6 Å². The van der Waals surface area contributed by atoms with Crippen LogP contribution in [0, 0.1) is 0 Å². The van der Waals surface area contributed by atoms with E-state index in [0.717, 1.165) is 12.1 Å². The van der Waals surface area contributed by atoms with Crippen LogP contribution in [0.4, 0.5) is 13.2 Å². The molecule has 1 saturated heterocycles. The molecule has 0 aromatic heterocycles. The molecule has 1 aromatic carbocycles. The Labute approximate surface area is 137 Å². The minimum absolute atomic E-state index is 0.162. The molecule has 0 N–H and O–H groups in total. The number of likely N-dealkylation sites (N-methyl/N-ethyl adjacent to an activating group) is 1. The van der Waals surface area contributed by atoms with Crippen LogP contribution in [0.2, 0.25) is 0 Å². The SMILES string of the molecule is CCN(CC)C(=O)[C@@H]1O[C@@H]1c1ccc(OS(=O)(=O)C(F)(F)F)cc1. The van der Waals surface area contributed by atoms with Gasteiger partial charge in [0, 0.05) is 13.1 Å². The lowest BCUT2D eigenvalue weighted by atomic mass is 10.1. The van der Waals surface area contributed by atoms with E-state index in [1.807, 2.05) is 13.8 Å². The third-order valence-electron chi connectivity index (χ3n) is 3.51. The molecule has 0 aliphatic carbocycles. The van der Waals surface area contributed by atoms with Gasteiger partial charge in [-0.25, -0.2) is 0 Å². The summed E-state index contributed by atoms with van der Waals surface area (Å²) in [4.78, 5) is 13.7. The third-order valence-corrected chi connectivity index (χ3v) is 4.49. The zero-order valence-corrected chi connectivity index (χ0v) is 13.7. The molecular weight excluding hydrogens is 351 g/mol. The Balaban J connectivity index is 2.03. The average Bonchev–Trinajstić information content (AvgIpc) is 3.28. The molecular formula is C14H16F3NO5S. The monoisotopic (exact) mass is 367 g/mol. The number of amides is 1. The standard InChI is InChI=1S/C14H16F3NO5S/c1-3-18(4-2)13(19)12-11(22-12)9-5-7-10(8-6-9)23-24(20,21)14(15,16)17/h5-8,11-12H,3-4H2,1-2H3/t11-,12-/m1/s1. The third kappa shape index (κ3) is 3.81. The van der Waals surface area contributed by atoms with Gasteiger partial charge in [-0.2, -0.15) is 21.6 Å². The number of carbonyl (C=O) groups is 1. The number of carbonyl (C=O) groups excluding carboxylic acids is 1. The molecule has 0 bridgehead atoms. The molecule has 1 aliphatic rings. The summed E-state index contributed by atoms with van der Waals surface area (Å²) in [7, 11) is -5.70. The number of hydrogen-bond donors (Lipinski definition) is 0. The molecule has 24 heavy (non-hydrogen) atoms. The van der Waals surface area contributed by atoms with E-state index in [1.54, 1.807) is 4.90 Å². The van der Waals surface area contributed by atoms with Crippen LogP contribution in [-0.2, 0) is 19.6 Å². The van der Waals surface area contributed by atoms with E-state index >= 15 is 0 Å². The van der Waals surface area contributed by atoms with Gasteiger partial charge in [0.05, 0.1) is 0 Å². The highest BCUT2D eigenvalue weighted by Crippen LogP contribution is 2.40. The molecule has 134 valence electrons. The Morgan fingerprint density at radius 2 is 1.75 bits per heavy atom. The summed E-state index contributed by atoms with van der Waals surface area (Å²) in [5.74, 6) is -0.631. The van der Waals surface area contributed by atoms with Crippen LogP contribution in [0.3, 0.4) is 0 Å². The first-order chi connectivity index (χ1) is 11.1. The number of nitrogens with zero attached hydrogens (tertiary/aromatic N) is 1. The summed E-state index contributed by atoms with van der Waals surface area (Å²) < 4.78 is 67.9. The van der Waals surface area contributed by atoms with Crippen molar-refractivity contribution in [1.29, 1.82) is 0 Å². The summed E-state index contributed by atoms with van der Waals surface area (Å²) in [5.41, 5.74) is -4.94. The molecule has 10 heteroatoms. The van der Waals surface area contributed by atoms with Gasteiger partial charge in [-0.15, -0.1) is 0 Å². The molecule has 1 amide bonds. The van der Waals surface area contributed by atoms with Crippen LogP contribution < -0.4 is 4.18 Å². The van der Waals surface area contributed by atoms with Gasteiger partial charge in [-0.1, -0.05) is 12.1 Å². The van der Waals surface area contributed by atoms with E-state index in [1.165, 1.54) is 12.1 Å². The first-order valence-electron chi connectivity index (χ1n) is 7.15. The van der Waals surface area contributed by atoms with Crippen molar-refractivity contribution in [3.05, 3.63) is 29.8 Å². The van der Waals surface area contributed by atoms with Crippen LogP contribution in [0.15, 0.2) is 24.3 Å². The molecule has 1 heterocycles. The molecule has 2 atom stereocenters.